The second kappa shape index (κ2) is 6.74. The Morgan fingerprint density at radius 3 is 2.41 bits per heavy atom. The molecule has 0 unspecified atom stereocenters. The second-order valence-corrected chi connectivity index (χ2v) is 5.05. The minimum atomic E-state index is -4.82. The fourth-order valence-electron chi connectivity index (χ4n) is 1.81. The van der Waals surface area contributed by atoms with Crippen molar-refractivity contribution >= 4 is 23.4 Å². The molecule has 0 saturated carbocycles. The third kappa shape index (κ3) is 4.17. The highest BCUT2D eigenvalue weighted by Crippen LogP contribution is 2.30. The highest BCUT2D eigenvalue weighted by Gasteiger charge is 2.32. The van der Waals surface area contributed by atoms with E-state index in [4.69, 9.17) is 0 Å². The fourth-order valence-corrected chi connectivity index (χ4v) is 2.40. The van der Waals surface area contributed by atoms with Crippen LogP contribution in [-0.4, -0.2) is 18.5 Å². The van der Waals surface area contributed by atoms with Crippen LogP contribution in [0.4, 0.5) is 18.9 Å². The SMILES string of the molecule is CSc1ccccc1C(=O)Nc1ccccc1OC(F)(F)F. The number of para-hydroxylation sites is 2. The van der Waals surface area contributed by atoms with Gasteiger partial charge in [-0.15, -0.1) is 24.9 Å². The molecule has 1 N–H and O–H groups in total. The van der Waals surface area contributed by atoms with Gasteiger partial charge in [-0.25, -0.2) is 0 Å². The van der Waals surface area contributed by atoms with Gasteiger partial charge in [0.25, 0.3) is 5.91 Å². The highest BCUT2D eigenvalue weighted by molar-refractivity contribution is 7.98. The van der Waals surface area contributed by atoms with Gasteiger partial charge in [-0.3, -0.25) is 4.79 Å². The van der Waals surface area contributed by atoms with E-state index in [1.165, 1.54) is 30.0 Å². The van der Waals surface area contributed by atoms with Crippen LogP contribution in [0.5, 0.6) is 5.75 Å². The molecule has 2 rings (SSSR count). The number of hydrogen-bond acceptors (Lipinski definition) is 3. The van der Waals surface area contributed by atoms with Crippen LogP contribution in [0.15, 0.2) is 53.4 Å². The van der Waals surface area contributed by atoms with Gasteiger partial charge in [0.2, 0.25) is 0 Å². The molecule has 0 aliphatic rings. The van der Waals surface area contributed by atoms with E-state index in [1.807, 2.05) is 6.26 Å². The fraction of sp³-hybridized carbons (Fsp3) is 0.133. The van der Waals surface area contributed by atoms with Gasteiger partial charge in [0.1, 0.15) is 0 Å². The Morgan fingerprint density at radius 2 is 1.73 bits per heavy atom. The Bertz CT molecular complexity index is 674. The predicted molar refractivity (Wildman–Crippen MR) is 79.3 cm³/mol. The number of nitrogens with one attached hydrogen (secondary N) is 1. The van der Waals surface area contributed by atoms with Crippen LogP contribution in [0.25, 0.3) is 0 Å². The normalized spacial score (nSPS) is 11.1. The molecule has 0 spiro atoms. The number of rotatable bonds is 4. The van der Waals surface area contributed by atoms with Crippen molar-refractivity contribution < 1.29 is 22.7 Å². The van der Waals surface area contributed by atoms with E-state index in [0.29, 0.717) is 5.56 Å². The molecule has 0 saturated heterocycles. The number of ether oxygens (including phenoxy) is 1. The first-order valence-corrected chi connectivity index (χ1v) is 7.42. The summed E-state index contributed by atoms with van der Waals surface area (Å²) in [7, 11) is 0. The van der Waals surface area contributed by atoms with Crippen LogP contribution in [0, 0.1) is 0 Å². The van der Waals surface area contributed by atoms with Crippen molar-refractivity contribution in [1.29, 1.82) is 0 Å². The lowest BCUT2D eigenvalue weighted by atomic mass is 10.2. The van der Waals surface area contributed by atoms with Gasteiger partial charge >= 0.3 is 6.36 Å². The van der Waals surface area contributed by atoms with Crippen molar-refractivity contribution in [1.82, 2.24) is 0 Å². The van der Waals surface area contributed by atoms with Crippen LogP contribution in [-0.2, 0) is 0 Å². The van der Waals surface area contributed by atoms with Crippen LogP contribution >= 0.6 is 11.8 Å². The van der Waals surface area contributed by atoms with Crippen molar-refractivity contribution in [2.75, 3.05) is 11.6 Å². The Balaban J connectivity index is 2.25. The molecule has 2 aromatic carbocycles. The summed E-state index contributed by atoms with van der Waals surface area (Å²) in [6.45, 7) is 0. The zero-order chi connectivity index (χ0) is 16.2. The van der Waals surface area contributed by atoms with Crippen molar-refractivity contribution in [3.05, 3.63) is 54.1 Å². The summed E-state index contributed by atoms with van der Waals surface area (Å²) in [6, 6.07) is 12.2. The number of alkyl halides is 3. The average molecular weight is 327 g/mol. The van der Waals surface area contributed by atoms with E-state index < -0.39 is 18.0 Å². The largest absolute Gasteiger partial charge is 0.573 e. The van der Waals surface area contributed by atoms with Crippen LogP contribution in [0.1, 0.15) is 10.4 Å². The first kappa shape index (κ1) is 16.2. The molecule has 22 heavy (non-hydrogen) atoms. The predicted octanol–water partition coefficient (Wildman–Crippen LogP) is 4.56. The Labute approximate surface area is 129 Å². The number of halogens is 3. The first-order valence-electron chi connectivity index (χ1n) is 6.20. The van der Waals surface area contributed by atoms with Gasteiger partial charge < -0.3 is 10.1 Å². The molecule has 7 heteroatoms. The zero-order valence-corrected chi connectivity index (χ0v) is 12.3. The smallest absolute Gasteiger partial charge is 0.404 e. The molecule has 0 radical (unpaired) electrons. The van der Waals surface area contributed by atoms with Gasteiger partial charge in [-0.1, -0.05) is 24.3 Å². The monoisotopic (exact) mass is 327 g/mol. The van der Waals surface area contributed by atoms with Crippen LogP contribution < -0.4 is 10.1 Å². The maximum atomic E-state index is 12.4. The lowest BCUT2D eigenvalue weighted by Crippen LogP contribution is -2.19. The minimum absolute atomic E-state index is 0.0410. The number of amides is 1. The van der Waals surface area contributed by atoms with Gasteiger partial charge in [0.15, 0.2) is 5.75 Å². The summed E-state index contributed by atoms with van der Waals surface area (Å²) in [5.74, 6) is -0.951. The Kier molecular flexibility index (Phi) is 4.97. The maximum absolute atomic E-state index is 12.4. The van der Waals surface area contributed by atoms with Crippen LogP contribution in [0.3, 0.4) is 0 Å². The van der Waals surface area contributed by atoms with E-state index in [9.17, 15) is 18.0 Å². The summed E-state index contributed by atoms with van der Waals surface area (Å²) in [6.07, 6.45) is -3.01. The average Bonchev–Trinajstić information content (AvgIpc) is 2.47. The molecule has 0 atom stereocenters. The molecule has 116 valence electrons. The second-order valence-electron chi connectivity index (χ2n) is 4.20. The molecular weight excluding hydrogens is 315 g/mol. The van der Waals surface area contributed by atoms with E-state index in [-0.39, 0.29) is 5.69 Å². The van der Waals surface area contributed by atoms with E-state index in [0.717, 1.165) is 11.0 Å². The third-order valence-corrected chi connectivity index (χ3v) is 3.51. The van der Waals surface area contributed by atoms with Crippen molar-refractivity contribution in [3.8, 4) is 5.75 Å². The topological polar surface area (TPSA) is 38.3 Å². The van der Waals surface area contributed by atoms with Crippen molar-refractivity contribution in [3.63, 3.8) is 0 Å². The number of hydrogen-bond donors (Lipinski definition) is 1. The summed E-state index contributed by atoms with van der Waals surface area (Å²) in [5, 5.41) is 2.45. The first-order chi connectivity index (χ1) is 10.4. The summed E-state index contributed by atoms with van der Waals surface area (Å²) < 4.78 is 41.0. The van der Waals surface area contributed by atoms with E-state index in [2.05, 4.69) is 10.1 Å². The molecule has 0 aliphatic heterocycles. The van der Waals surface area contributed by atoms with Gasteiger partial charge in [0.05, 0.1) is 11.3 Å². The Hall–Kier alpha value is -2.15. The van der Waals surface area contributed by atoms with Gasteiger partial charge in [0, 0.05) is 4.90 Å². The summed E-state index contributed by atoms with van der Waals surface area (Å²) in [5.41, 5.74) is 0.345. The molecule has 0 heterocycles. The lowest BCUT2D eigenvalue weighted by molar-refractivity contribution is -0.274. The molecule has 2 aromatic rings. The van der Waals surface area contributed by atoms with Crippen LogP contribution in [0.2, 0.25) is 0 Å². The number of anilines is 1. The number of thioether (sulfide) groups is 1. The number of benzene rings is 2. The maximum Gasteiger partial charge on any atom is 0.573 e. The van der Waals surface area contributed by atoms with E-state index in [1.54, 1.807) is 24.3 Å². The summed E-state index contributed by atoms with van der Waals surface area (Å²) >= 11 is 1.38. The molecular formula is C15H12F3NO2S. The molecule has 3 nitrogen and oxygen atoms in total. The number of carbonyl (C=O) groups excluding carboxylic acids is 1. The van der Waals surface area contributed by atoms with Gasteiger partial charge in [-0.05, 0) is 30.5 Å². The Morgan fingerprint density at radius 1 is 1.09 bits per heavy atom. The standard InChI is InChI=1S/C15H12F3NO2S/c1-22-13-9-5-2-6-10(13)14(20)19-11-7-3-4-8-12(11)21-15(16,17)18/h2-9H,1H3,(H,19,20). The van der Waals surface area contributed by atoms with Crippen molar-refractivity contribution in [2.45, 2.75) is 11.3 Å². The minimum Gasteiger partial charge on any atom is -0.404 e. The molecule has 0 bridgehead atoms. The lowest BCUT2D eigenvalue weighted by Gasteiger charge is -2.14. The molecule has 0 aromatic heterocycles. The molecule has 1 amide bonds. The quantitative estimate of drug-likeness (QED) is 0.837. The number of carbonyl (C=O) groups is 1. The summed E-state index contributed by atoms with van der Waals surface area (Å²) in [4.78, 5) is 13.0. The van der Waals surface area contributed by atoms with Crippen molar-refractivity contribution in [2.24, 2.45) is 0 Å². The van der Waals surface area contributed by atoms with E-state index >= 15 is 0 Å². The molecule has 0 fully saturated rings. The third-order valence-electron chi connectivity index (χ3n) is 2.71. The van der Waals surface area contributed by atoms with Gasteiger partial charge in [-0.2, -0.15) is 0 Å². The zero-order valence-electron chi connectivity index (χ0n) is 11.5. The highest BCUT2D eigenvalue weighted by atomic mass is 32.2. The molecule has 0 aliphatic carbocycles.